The Kier molecular flexibility index (Phi) is 5.33. The Balaban J connectivity index is 1.94. The van der Waals surface area contributed by atoms with Gasteiger partial charge < -0.3 is 15.2 Å². The number of anilines is 1. The molecule has 0 aliphatic heterocycles. The van der Waals surface area contributed by atoms with E-state index in [4.69, 9.17) is 5.73 Å². The zero-order chi connectivity index (χ0) is 15.2. The molecule has 0 unspecified atom stereocenters. The summed E-state index contributed by atoms with van der Waals surface area (Å²) in [6, 6.07) is 4.49. The van der Waals surface area contributed by atoms with Gasteiger partial charge in [0.25, 0.3) is 0 Å². The van der Waals surface area contributed by atoms with E-state index in [1.807, 2.05) is 24.7 Å². The highest BCUT2D eigenvalue weighted by Gasteiger charge is 2.09. The van der Waals surface area contributed by atoms with Gasteiger partial charge in [0.1, 0.15) is 5.82 Å². The summed E-state index contributed by atoms with van der Waals surface area (Å²) in [4.78, 5) is 10.8. The summed E-state index contributed by atoms with van der Waals surface area (Å²) in [5.74, 6) is 0.554. The molecule has 0 atom stereocenters. The van der Waals surface area contributed by atoms with Crippen molar-refractivity contribution in [3.05, 3.63) is 30.9 Å². The van der Waals surface area contributed by atoms with Gasteiger partial charge in [0.15, 0.2) is 0 Å². The molecule has 0 aliphatic rings. The summed E-state index contributed by atoms with van der Waals surface area (Å²) in [6.45, 7) is 6.52. The molecule has 0 aromatic carbocycles. The molecule has 0 saturated carbocycles. The van der Waals surface area contributed by atoms with Gasteiger partial charge in [-0.2, -0.15) is 0 Å². The first-order chi connectivity index (χ1) is 10.1. The SMILES string of the molecule is CC(C)N(C)CCCCn1cncc1-c1cccnc1N. The van der Waals surface area contributed by atoms with Crippen LogP contribution in [0.3, 0.4) is 0 Å². The number of hydrogen-bond donors (Lipinski definition) is 1. The smallest absolute Gasteiger partial charge is 0.132 e. The van der Waals surface area contributed by atoms with E-state index >= 15 is 0 Å². The van der Waals surface area contributed by atoms with Crippen molar-refractivity contribution >= 4 is 5.82 Å². The highest BCUT2D eigenvalue weighted by molar-refractivity contribution is 5.70. The van der Waals surface area contributed by atoms with Gasteiger partial charge in [0.05, 0.1) is 18.2 Å². The molecular weight excluding hydrogens is 262 g/mol. The van der Waals surface area contributed by atoms with E-state index in [1.54, 1.807) is 6.20 Å². The molecule has 0 fully saturated rings. The third-order valence-corrected chi connectivity index (χ3v) is 3.87. The molecule has 5 heteroatoms. The van der Waals surface area contributed by atoms with Crippen LogP contribution < -0.4 is 5.73 Å². The van der Waals surface area contributed by atoms with Crippen molar-refractivity contribution in [2.45, 2.75) is 39.3 Å². The van der Waals surface area contributed by atoms with Gasteiger partial charge in [-0.15, -0.1) is 0 Å². The number of unbranched alkanes of at least 4 members (excludes halogenated alkanes) is 1. The Morgan fingerprint density at radius 2 is 2.14 bits per heavy atom. The van der Waals surface area contributed by atoms with Crippen LogP contribution in [0.1, 0.15) is 26.7 Å². The first-order valence-electron chi connectivity index (χ1n) is 7.51. The van der Waals surface area contributed by atoms with Crippen molar-refractivity contribution in [3.8, 4) is 11.3 Å². The number of hydrogen-bond acceptors (Lipinski definition) is 4. The lowest BCUT2D eigenvalue weighted by Gasteiger charge is -2.20. The standard InChI is InChI=1S/C16H25N5/c1-13(2)20(3)9-4-5-10-21-12-18-11-15(21)14-7-6-8-19-16(14)17/h6-8,11-13H,4-5,9-10H2,1-3H3,(H2,17,19). The molecule has 0 amide bonds. The maximum atomic E-state index is 5.95. The van der Waals surface area contributed by atoms with Crippen molar-refractivity contribution in [3.63, 3.8) is 0 Å². The summed E-state index contributed by atoms with van der Waals surface area (Å²) in [5.41, 5.74) is 7.94. The number of pyridine rings is 1. The third-order valence-electron chi connectivity index (χ3n) is 3.87. The highest BCUT2D eigenvalue weighted by atomic mass is 15.1. The van der Waals surface area contributed by atoms with Gasteiger partial charge in [-0.25, -0.2) is 9.97 Å². The number of imidazole rings is 1. The number of rotatable bonds is 7. The number of aryl methyl sites for hydroxylation is 1. The minimum absolute atomic E-state index is 0.554. The minimum Gasteiger partial charge on any atom is -0.383 e. The molecule has 0 saturated heterocycles. The summed E-state index contributed by atoms with van der Waals surface area (Å²) in [7, 11) is 2.17. The van der Waals surface area contributed by atoms with E-state index in [0.29, 0.717) is 11.9 Å². The number of aromatic nitrogens is 3. The zero-order valence-corrected chi connectivity index (χ0v) is 13.2. The third kappa shape index (κ3) is 4.04. The topological polar surface area (TPSA) is 60.0 Å². The molecule has 2 aromatic heterocycles. The van der Waals surface area contributed by atoms with Crippen molar-refractivity contribution in [2.75, 3.05) is 19.3 Å². The largest absolute Gasteiger partial charge is 0.383 e. The number of nitrogen functional groups attached to an aromatic ring is 1. The molecule has 2 rings (SSSR count). The average molecular weight is 287 g/mol. The molecule has 2 N–H and O–H groups in total. The van der Waals surface area contributed by atoms with Crippen LogP contribution >= 0.6 is 0 Å². The van der Waals surface area contributed by atoms with Crippen LogP contribution in [-0.2, 0) is 6.54 Å². The van der Waals surface area contributed by atoms with E-state index in [2.05, 4.69) is 40.3 Å². The van der Waals surface area contributed by atoms with E-state index in [9.17, 15) is 0 Å². The van der Waals surface area contributed by atoms with Gasteiger partial charge in [0.2, 0.25) is 0 Å². The van der Waals surface area contributed by atoms with Crippen LogP contribution in [0, 0.1) is 0 Å². The molecule has 0 aliphatic carbocycles. The van der Waals surface area contributed by atoms with Crippen LogP contribution in [0.15, 0.2) is 30.9 Å². The predicted molar refractivity (Wildman–Crippen MR) is 86.9 cm³/mol. The van der Waals surface area contributed by atoms with Gasteiger partial charge >= 0.3 is 0 Å². The normalized spacial score (nSPS) is 11.5. The fourth-order valence-electron chi connectivity index (χ4n) is 2.26. The Morgan fingerprint density at radius 1 is 1.33 bits per heavy atom. The van der Waals surface area contributed by atoms with E-state index in [-0.39, 0.29) is 0 Å². The lowest BCUT2D eigenvalue weighted by atomic mass is 10.2. The predicted octanol–water partition coefficient (Wildman–Crippen LogP) is 2.65. The lowest BCUT2D eigenvalue weighted by molar-refractivity contribution is 0.266. The molecule has 0 bridgehead atoms. The van der Waals surface area contributed by atoms with Crippen molar-refractivity contribution in [1.29, 1.82) is 0 Å². The maximum Gasteiger partial charge on any atom is 0.132 e. The summed E-state index contributed by atoms with van der Waals surface area (Å²) < 4.78 is 2.16. The molecule has 0 radical (unpaired) electrons. The number of nitrogens with zero attached hydrogens (tertiary/aromatic N) is 4. The van der Waals surface area contributed by atoms with Gasteiger partial charge in [-0.1, -0.05) is 0 Å². The fourth-order valence-corrected chi connectivity index (χ4v) is 2.26. The number of nitrogens with two attached hydrogens (primary N) is 1. The van der Waals surface area contributed by atoms with E-state index in [1.165, 1.54) is 6.42 Å². The molecule has 2 heterocycles. The van der Waals surface area contributed by atoms with Crippen molar-refractivity contribution in [1.82, 2.24) is 19.4 Å². The second-order valence-corrected chi connectivity index (χ2v) is 5.69. The Labute approximate surface area is 126 Å². The van der Waals surface area contributed by atoms with Crippen LogP contribution in [0.5, 0.6) is 0 Å². The molecule has 114 valence electrons. The van der Waals surface area contributed by atoms with E-state index in [0.717, 1.165) is 30.8 Å². The average Bonchev–Trinajstić information content (AvgIpc) is 2.92. The maximum absolute atomic E-state index is 5.95. The molecule has 2 aromatic rings. The summed E-state index contributed by atoms with van der Waals surface area (Å²) in [5, 5.41) is 0. The first-order valence-corrected chi connectivity index (χ1v) is 7.51. The lowest BCUT2D eigenvalue weighted by Crippen LogP contribution is -2.27. The van der Waals surface area contributed by atoms with Crippen LogP contribution in [0.2, 0.25) is 0 Å². The van der Waals surface area contributed by atoms with Gasteiger partial charge in [-0.05, 0) is 52.4 Å². The molecule has 21 heavy (non-hydrogen) atoms. The first kappa shape index (κ1) is 15.5. The second kappa shape index (κ2) is 7.22. The Hall–Kier alpha value is -1.88. The minimum atomic E-state index is 0.554. The van der Waals surface area contributed by atoms with Crippen molar-refractivity contribution < 1.29 is 0 Å². The van der Waals surface area contributed by atoms with Crippen LogP contribution in [0.25, 0.3) is 11.3 Å². The summed E-state index contributed by atoms with van der Waals surface area (Å²) in [6.07, 6.45) is 7.73. The monoisotopic (exact) mass is 287 g/mol. The van der Waals surface area contributed by atoms with Gasteiger partial charge in [-0.3, -0.25) is 0 Å². The molecule has 0 spiro atoms. The summed E-state index contributed by atoms with van der Waals surface area (Å²) >= 11 is 0. The highest BCUT2D eigenvalue weighted by Crippen LogP contribution is 2.23. The Morgan fingerprint density at radius 3 is 2.86 bits per heavy atom. The fraction of sp³-hybridized carbons (Fsp3) is 0.500. The van der Waals surface area contributed by atoms with Crippen LogP contribution in [-0.4, -0.2) is 39.1 Å². The Bertz CT molecular complexity index is 561. The quantitative estimate of drug-likeness (QED) is 0.795. The zero-order valence-electron chi connectivity index (χ0n) is 13.2. The molecule has 5 nitrogen and oxygen atoms in total. The van der Waals surface area contributed by atoms with Gasteiger partial charge in [0, 0.05) is 24.3 Å². The van der Waals surface area contributed by atoms with E-state index < -0.39 is 0 Å². The van der Waals surface area contributed by atoms with Crippen LogP contribution in [0.4, 0.5) is 5.82 Å². The molecular formula is C16H25N5. The van der Waals surface area contributed by atoms with Crippen molar-refractivity contribution in [2.24, 2.45) is 0 Å². The second-order valence-electron chi connectivity index (χ2n) is 5.69.